The zero-order valence-corrected chi connectivity index (χ0v) is 13.6. The highest BCUT2D eigenvalue weighted by Crippen LogP contribution is 2.34. The first-order chi connectivity index (χ1) is 9.14. The van der Waals surface area contributed by atoms with Crippen LogP contribution in [0.2, 0.25) is 0 Å². The fourth-order valence-corrected chi connectivity index (χ4v) is 3.35. The molecule has 0 radical (unpaired) electrons. The number of rotatable bonds is 11. The zero-order chi connectivity index (χ0) is 14.1. The van der Waals surface area contributed by atoms with Crippen molar-refractivity contribution in [2.75, 3.05) is 6.54 Å². The van der Waals surface area contributed by atoms with Crippen molar-refractivity contribution < 1.29 is 0 Å². The fourth-order valence-electron chi connectivity index (χ4n) is 3.35. The van der Waals surface area contributed by atoms with E-state index in [4.69, 9.17) is 5.73 Å². The summed E-state index contributed by atoms with van der Waals surface area (Å²) in [7, 11) is 0. The van der Waals surface area contributed by atoms with E-state index >= 15 is 0 Å². The molecule has 19 heavy (non-hydrogen) atoms. The van der Waals surface area contributed by atoms with Crippen LogP contribution in [0.15, 0.2) is 0 Å². The van der Waals surface area contributed by atoms with Crippen molar-refractivity contribution >= 4 is 0 Å². The average Bonchev–Trinajstić information content (AvgIpc) is 2.37. The van der Waals surface area contributed by atoms with E-state index in [0.717, 1.165) is 0 Å². The molecule has 0 aromatic heterocycles. The summed E-state index contributed by atoms with van der Waals surface area (Å²) in [5.41, 5.74) is 6.56. The van der Waals surface area contributed by atoms with Crippen LogP contribution in [-0.4, -0.2) is 23.1 Å². The minimum Gasteiger partial charge on any atom is -0.316 e. The molecule has 2 unspecified atom stereocenters. The van der Waals surface area contributed by atoms with Gasteiger partial charge in [0.1, 0.15) is 0 Å². The van der Waals surface area contributed by atoms with E-state index in [-0.39, 0.29) is 0 Å². The summed E-state index contributed by atoms with van der Waals surface area (Å²) in [6, 6.07) is 0. The predicted octanol–water partition coefficient (Wildman–Crippen LogP) is 4.68. The SMILES string of the molecule is CCCCCCCC(C)(CCCCC)N1CCC1N. The zero-order valence-electron chi connectivity index (χ0n) is 13.6. The lowest BCUT2D eigenvalue weighted by atomic mass is 9.83. The predicted molar refractivity (Wildman–Crippen MR) is 85.2 cm³/mol. The van der Waals surface area contributed by atoms with Crippen molar-refractivity contribution in [3.05, 3.63) is 0 Å². The Morgan fingerprint density at radius 3 is 1.95 bits per heavy atom. The Labute approximate surface area is 121 Å². The minimum atomic E-state index is 0.335. The maximum atomic E-state index is 6.19. The first-order valence-electron chi connectivity index (χ1n) is 8.66. The normalized spacial score (nSPS) is 23.1. The monoisotopic (exact) mass is 268 g/mol. The molecule has 114 valence electrons. The van der Waals surface area contributed by atoms with Crippen LogP contribution in [0, 0.1) is 0 Å². The van der Waals surface area contributed by atoms with Gasteiger partial charge in [-0.1, -0.05) is 65.2 Å². The average molecular weight is 268 g/mol. The van der Waals surface area contributed by atoms with Crippen LogP contribution in [0.4, 0.5) is 0 Å². The maximum Gasteiger partial charge on any atom is 0.0588 e. The number of unbranched alkanes of at least 4 members (excludes halogenated alkanes) is 6. The number of nitrogens with zero attached hydrogens (tertiary/aromatic N) is 1. The lowest BCUT2D eigenvalue weighted by Gasteiger charge is -2.51. The number of hydrogen-bond acceptors (Lipinski definition) is 2. The van der Waals surface area contributed by atoms with E-state index < -0.39 is 0 Å². The van der Waals surface area contributed by atoms with Gasteiger partial charge in [-0.25, -0.2) is 0 Å². The van der Waals surface area contributed by atoms with E-state index in [1.165, 1.54) is 77.2 Å². The topological polar surface area (TPSA) is 29.3 Å². The van der Waals surface area contributed by atoms with Crippen molar-refractivity contribution in [1.82, 2.24) is 4.90 Å². The first kappa shape index (κ1) is 17.0. The molecule has 1 aliphatic heterocycles. The van der Waals surface area contributed by atoms with Gasteiger partial charge in [0.05, 0.1) is 6.17 Å². The second-order valence-electron chi connectivity index (χ2n) is 6.67. The maximum absolute atomic E-state index is 6.19. The van der Waals surface area contributed by atoms with Crippen molar-refractivity contribution in [2.24, 2.45) is 5.73 Å². The van der Waals surface area contributed by atoms with E-state index in [1.54, 1.807) is 0 Å². The minimum absolute atomic E-state index is 0.335. The number of nitrogens with two attached hydrogens (primary N) is 1. The molecule has 2 N–H and O–H groups in total. The van der Waals surface area contributed by atoms with E-state index in [0.29, 0.717) is 11.7 Å². The van der Waals surface area contributed by atoms with Crippen molar-refractivity contribution in [1.29, 1.82) is 0 Å². The van der Waals surface area contributed by atoms with E-state index in [1.807, 2.05) is 0 Å². The quantitative estimate of drug-likeness (QED) is 0.551. The van der Waals surface area contributed by atoms with Gasteiger partial charge in [-0.2, -0.15) is 0 Å². The Balaban J connectivity index is 2.35. The fraction of sp³-hybridized carbons (Fsp3) is 1.00. The van der Waals surface area contributed by atoms with Crippen LogP contribution in [-0.2, 0) is 0 Å². The summed E-state index contributed by atoms with van der Waals surface area (Å²) < 4.78 is 0. The molecule has 0 aromatic rings. The Morgan fingerprint density at radius 1 is 0.947 bits per heavy atom. The third-order valence-electron chi connectivity index (χ3n) is 4.90. The van der Waals surface area contributed by atoms with Crippen LogP contribution in [0.3, 0.4) is 0 Å². The lowest BCUT2D eigenvalue weighted by molar-refractivity contribution is -0.0280. The highest BCUT2D eigenvalue weighted by atomic mass is 15.3. The van der Waals surface area contributed by atoms with Gasteiger partial charge in [0.15, 0.2) is 0 Å². The Kier molecular flexibility index (Phi) is 8.01. The summed E-state index contributed by atoms with van der Waals surface area (Å²) >= 11 is 0. The second kappa shape index (κ2) is 8.97. The van der Waals surface area contributed by atoms with Gasteiger partial charge in [0.25, 0.3) is 0 Å². The van der Waals surface area contributed by atoms with Gasteiger partial charge >= 0.3 is 0 Å². The van der Waals surface area contributed by atoms with Gasteiger partial charge in [-0.15, -0.1) is 0 Å². The van der Waals surface area contributed by atoms with Crippen LogP contribution in [0.1, 0.15) is 91.4 Å². The van der Waals surface area contributed by atoms with Crippen molar-refractivity contribution in [3.63, 3.8) is 0 Å². The van der Waals surface area contributed by atoms with Crippen molar-refractivity contribution in [3.8, 4) is 0 Å². The molecule has 1 saturated heterocycles. The smallest absolute Gasteiger partial charge is 0.0588 e. The molecule has 1 aliphatic rings. The standard InChI is InChI=1S/C17H36N2/c1-4-6-8-9-11-14-17(3,13-10-7-5-2)19-15-12-16(19)18/h16H,4-15,18H2,1-3H3. The Morgan fingerprint density at radius 2 is 1.47 bits per heavy atom. The molecule has 2 atom stereocenters. The first-order valence-corrected chi connectivity index (χ1v) is 8.66. The third kappa shape index (κ3) is 5.43. The highest BCUT2D eigenvalue weighted by molar-refractivity contribution is 4.94. The number of hydrogen-bond donors (Lipinski definition) is 1. The second-order valence-corrected chi connectivity index (χ2v) is 6.67. The van der Waals surface area contributed by atoms with Gasteiger partial charge in [-0.3, -0.25) is 4.90 Å². The molecule has 0 spiro atoms. The summed E-state index contributed by atoms with van der Waals surface area (Å²) in [6.07, 6.45) is 15.2. The molecule has 1 fully saturated rings. The molecule has 0 saturated carbocycles. The molecule has 2 nitrogen and oxygen atoms in total. The molecular weight excluding hydrogens is 232 g/mol. The molecule has 0 aromatic carbocycles. The van der Waals surface area contributed by atoms with Crippen LogP contribution in [0.25, 0.3) is 0 Å². The van der Waals surface area contributed by atoms with Crippen LogP contribution >= 0.6 is 0 Å². The molecule has 0 amide bonds. The molecule has 1 rings (SSSR count). The van der Waals surface area contributed by atoms with E-state index in [9.17, 15) is 0 Å². The van der Waals surface area contributed by atoms with Gasteiger partial charge < -0.3 is 5.73 Å². The van der Waals surface area contributed by atoms with Gasteiger partial charge in [-0.05, 0) is 26.2 Å². The highest BCUT2D eigenvalue weighted by Gasteiger charge is 2.39. The van der Waals surface area contributed by atoms with Crippen LogP contribution in [0.5, 0.6) is 0 Å². The molecule has 1 heterocycles. The largest absolute Gasteiger partial charge is 0.316 e. The summed E-state index contributed by atoms with van der Waals surface area (Å²) in [6.45, 7) is 8.26. The van der Waals surface area contributed by atoms with E-state index in [2.05, 4.69) is 25.7 Å². The van der Waals surface area contributed by atoms with Gasteiger partial charge in [0, 0.05) is 12.1 Å². The third-order valence-corrected chi connectivity index (χ3v) is 4.90. The van der Waals surface area contributed by atoms with Crippen molar-refractivity contribution in [2.45, 2.75) is 103 Å². The summed E-state index contributed by atoms with van der Waals surface area (Å²) in [5, 5.41) is 0. The Bertz CT molecular complexity index is 229. The number of likely N-dealkylation sites (tertiary alicyclic amines) is 1. The summed E-state index contributed by atoms with van der Waals surface area (Å²) in [4.78, 5) is 2.57. The molecule has 0 aliphatic carbocycles. The lowest BCUT2D eigenvalue weighted by Crippen LogP contribution is -2.63. The van der Waals surface area contributed by atoms with Crippen LogP contribution < -0.4 is 5.73 Å². The molecular formula is C17H36N2. The molecule has 0 bridgehead atoms. The van der Waals surface area contributed by atoms with Gasteiger partial charge in [0.2, 0.25) is 0 Å². The Hall–Kier alpha value is -0.0800. The molecule has 2 heteroatoms. The summed E-state index contributed by atoms with van der Waals surface area (Å²) in [5.74, 6) is 0.